The number of nitrogens with zero attached hydrogens (tertiary/aromatic N) is 1. The van der Waals surface area contributed by atoms with Crippen LogP contribution in [0.2, 0.25) is 0 Å². The summed E-state index contributed by atoms with van der Waals surface area (Å²) in [7, 11) is -4.67. The molecule has 28 heavy (non-hydrogen) atoms. The number of sulfone groups is 1. The van der Waals surface area contributed by atoms with Gasteiger partial charge in [-0.3, -0.25) is 9.59 Å². The molecule has 1 aliphatic heterocycles. The van der Waals surface area contributed by atoms with Crippen molar-refractivity contribution in [2.75, 3.05) is 11.9 Å². The van der Waals surface area contributed by atoms with E-state index in [-0.39, 0.29) is 11.6 Å². The number of anilines is 1. The van der Waals surface area contributed by atoms with Crippen LogP contribution in [-0.4, -0.2) is 37.4 Å². The Labute approximate surface area is 161 Å². The highest BCUT2D eigenvalue weighted by atomic mass is 32.2. The van der Waals surface area contributed by atoms with Crippen LogP contribution >= 0.6 is 0 Å². The van der Waals surface area contributed by atoms with Gasteiger partial charge in [-0.2, -0.15) is 8.78 Å². The maximum atomic E-state index is 12.6. The van der Waals surface area contributed by atoms with E-state index < -0.39 is 26.4 Å². The number of carbonyl (C=O) groups is 2. The third-order valence-electron chi connectivity index (χ3n) is 4.41. The van der Waals surface area contributed by atoms with Crippen LogP contribution in [0.4, 0.5) is 14.5 Å². The van der Waals surface area contributed by atoms with Gasteiger partial charge in [-0.25, -0.2) is 8.42 Å². The molecule has 1 heterocycles. The molecular weight excluding hydrogens is 390 g/mol. The smallest absolute Gasteiger partial charge is 0.338 e. The summed E-state index contributed by atoms with van der Waals surface area (Å²) in [6, 6.07) is 11.4. The standard InChI is InChI=1S/C19H18F2N2O4S/c20-19(21)28(26,27)16-8-6-15(7-9-16)22-18(25)14-4-1-3-13(11-14)12-23-10-2-5-17(23)24/h1,3-4,6-9,11,19H,2,5,10,12H2,(H,22,25). The summed E-state index contributed by atoms with van der Waals surface area (Å²) in [4.78, 5) is 25.4. The van der Waals surface area contributed by atoms with Gasteiger partial charge < -0.3 is 10.2 Å². The van der Waals surface area contributed by atoms with E-state index >= 15 is 0 Å². The van der Waals surface area contributed by atoms with Gasteiger partial charge in [0.05, 0.1) is 4.90 Å². The zero-order valence-corrected chi connectivity index (χ0v) is 15.6. The normalized spacial score (nSPS) is 14.5. The lowest BCUT2D eigenvalue weighted by Gasteiger charge is -2.16. The highest BCUT2D eigenvalue weighted by molar-refractivity contribution is 7.91. The van der Waals surface area contributed by atoms with E-state index in [1.807, 2.05) is 6.07 Å². The van der Waals surface area contributed by atoms with Gasteiger partial charge in [0, 0.05) is 30.8 Å². The second-order valence-electron chi connectivity index (χ2n) is 6.40. The van der Waals surface area contributed by atoms with Crippen molar-refractivity contribution >= 4 is 27.3 Å². The molecule has 0 atom stereocenters. The number of rotatable bonds is 6. The minimum Gasteiger partial charge on any atom is -0.338 e. The van der Waals surface area contributed by atoms with E-state index in [1.165, 1.54) is 12.1 Å². The van der Waals surface area contributed by atoms with Crippen molar-refractivity contribution in [3.8, 4) is 0 Å². The molecule has 1 N–H and O–H groups in total. The SMILES string of the molecule is O=C(Nc1ccc(S(=O)(=O)C(F)F)cc1)c1cccc(CN2CCCC2=O)c1. The number of benzene rings is 2. The van der Waals surface area contributed by atoms with Crippen molar-refractivity contribution < 1.29 is 26.8 Å². The summed E-state index contributed by atoms with van der Waals surface area (Å²) < 4.78 is 48.0. The summed E-state index contributed by atoms with van der Waals surface area (Å²) >= 11 is 0. The average molecular weight is 408 g/mol. The van der Waals surface area contributed by atoms with Crippen molar-refractivity contribution in [2.24, 2.45) is 0 Å². The third kappa shape index (κ3) is 4.36. The van der Waals surface area contributed by atoms with Crippen molar-refractivity contribution in [3.63, 3.8) is 0 Å². The number of nitrogens with one attached hydrogen (secondary N) is 1. The zero-order valence-electron chi connectivity index (χ0n) is 14.8. The molecule has 0 spiro atoms. The van der Waals surface area contributed by atoms with Gasteiger partial charge >= 0.3 is 5.76 Å². The van der Waals surface area contributed by atoms with E-state index in [2.05, 4.69) is 5.32 Å². The van der Waals surface area contributed by atoms with Crippen LogP contribution in [0.25, 0.3) is 0 Å². The zero-order chi connectivity index (χ0) is 20.3. The molecule has 0 aliphatic carbocycles. The molecule has 2 aromatic rings. The molecule has 148 valence electrons. The Hall–Kier alpha value is -2.81. The first-order chi connectivity index (χ1) is 13.3. The lowest BCUT2D eigenvalue weighted by atomic mass is 10.1. The summed E-state index contributed by atoms with van der Waals surface area (Å²) in [6.45, 7) is 1.13. The second kappa shape index (κ2) is 8.05. The monoisotopic (exact) mass is 408 g/mol. The molecule has 1 saturated heterocycles. The molecule has 2 amide bonds. The average Bonchev–Trinajstić information content (AvgIpc) is 3.07. The number of hydrogen-bond acceptors (Lipinski definition) is 4. The topological polar surface area (TPSA) is 83.6 Å². The first-order valence-electron chi connectivity index (χ1n) is 8.57. The van der Waals surface area contributed by atoms with Crippen molar-refractivity contribution in [2.45, 2.75) is 30.0 Å². The largest absolute Gasteiger partial charge is 0.341 e. The van der Waals surface area contributed by atoms with Crippen molar-refractivity contribution in [1.82, 2.24) is 4.90 Å². The van der Waals surface area contributed by atoms with Crippen LogP contribution in [0.15, 0.2) is 53.4 Å². The highest BCUT2D eigenvalue weighted by Gasteiger charge is 2.26. The second-order valence-corrected chi connectivity index (χ2v) is 8.32. The third-order valence-corrected chi connectivity index (χ3v) is 5.81. The van der Waals surface area contributed by atoms with Gasteiger partial charge in [0.1, 0.15) is 0 Å². The molecule has 1 fully saturated rings. The molecule has 2 aromatic carbocycles. The number of halogens is 2. The fourth-order valence-electron chi connectivity index (χ4n) is 2.94. The van der Waals surface area contributed by atoms with E-state index in [0.717, 1.165) is 24.1 Å². The van der Waals surface area contributed by atoms with E-state index in [4.69, 9.17) is 0 Å². The van der Waals surface area contributed by atoms with Gasteiger partial charge in [-0.1, -0.05) is 12.1 Å². The van der Waals surface area contributed by atoms with Crippen LogP contribution in [0.1, 0.15) is 28.8 Å². The maximum Gasteiger partial charge on any atom is 0.341 e. The van der Waals surface area contributed by atoms with Crippen LogP contribution < -0.4 is 5.32 Å². The fourth-order valence-corrected chi connectivity index (χ4v) is 3.66. The molecule has 1 aliphatic rings. The van der Waals surface area contributed by atoms with Crippen LogP contribution in [0, 0.1) is 0 Å². The number of amides is 2. The van der Waals surface area contributed by atoms with Gasteiger partial charge in [0.25, 0.3) is 5.91 Å². The Bertz CT molecular complexity index is 991. The Morgan fingerprint density at radius 2 is 1.86 bits per heavy atom. The molecule has 0 bridgehead atoms. The molecular formula is C19H18F2N2O4S. The lowest BCUT2D eigenvalue weighted by molar-refractivity contribution is -0.128. The summed E-state index contributed by atoms with van der Waals surface area (Å²) in [5, 5.41) is 2.59. The van der Waals surface area contributed by atoms with Gasteiger partial charge in [-0.05, 0) is 48.4 Å². The molecule has 9 heteroatoms. The lowest BCUT2D eigenvalue weighted by Crippen LogP contribution is -2.24. The van der Waals surface area contributed by atoms with E-state index in [9.17, 15) is 26.8 Å². The highest BCUT2D eigenvalue weighted by Crippen LogP contribution is 2.21. The summed E-state index contributed by atoms with van der Waals surface area (Å²) in [5.74, 6) is -3.84. The number of carbonyl (C=O) groups excluding carboxylic acids is 2. The molecule has 0 saturated carbocycles. The van der Waals surface area contributed by atoms with Gasteiger partial charge in [0.15, 0.2) is 0 Å². The fraction of sp³-hybridized carbons (Fsp3) is 0.263. The first-order valence-corrected chi connectivity index (χ1v) is 10.1. The minimum absolute atomic E-state index is 0.0914. The predicted octanol–water partition coefficient (Wildman–Crippen LogP) is 3.06. The predicted molar refractivity (Wildman–Crippen MR) is 98.7 cm³/mol. The summed E-state index contributed by atoms with van der Waals surface area (Å²) in [5.41, 5.74) is 1.47. The molecule has 0 radical (unpaired) electrons. The Morgan fingerprint density at radius 1 is 1.14 bits per heavy atom. The molecule has 0 aromatic heterocycles. The Kier molecular flexibility index (Phi) is 5.73. The van der Waals surface area contributed by atoms with Crippen molar-refractivity contribution in [1.29, 1.82) is 0 Å². The molecule has 3 rings (SSSR count). The van der Waals surface area contributed by atoms with Crippen LogP contribution in [0.3, 0.4) is 0 Å². The molecule has 6 nitrogen and oxygen atoms in total. The Morgan fingerprint density at radius 3 is 2.46 bits per heavy atom. The van der Waals surface area contributed by atoms with E-state index in [1.54, 1.807) is 23.1 Å². The summed E-state index contributed by atoms with van der Waals surface area (Å²) in [6.07, 6.45) is 1.37. The van der Waals surface area contributed by atoms with Crippen molar-refractivity contribution in [3.05, 3.63) is 59.7 Å². The quantitative estimate of drug-likeness (QED) is 0.796. The number of hydrogen-bond donors (Lipinski definition) is 1. The van der Waals surface area contributed by atoms with Gasteiger partial charge in [-0.15, -0.1) is 0 Å². The number of alkyl halides is 2. The minimum atomic E-state index is -4.67. The van der Waals surface area contributed by atoms with Crippen LogP contribution in [0.5, 0.6) is 0 Å². The first kappa shape index (κ1) is 19.9. The maximum absolute atomic E-state index is 12.6. The molecule has 0 unspecified atom stereocenters. The van der Waals surface area contributed by atoms with E-state index in [0.29, 0.717) is 25.1 Å². The Balaban J connectivity index is 1.69. The number of likely N-dealkylation sites (tertiary alicyclic amines) is 1. The van der Waals surface area contributed by atoms with Crippen LogP contribution in [-0.2, 0) is 21.2 Å². The van der Waals surface area contributed by atoms with Gasteiger partial charge in [0.2, 0.25) is 15.7 Å².